The van der Waals surface area contributed by atoms with Crippen LogP contribution in [0.3, 0.4) is 0 Å². The van der Waals surface area contributed by atoms with E-state index in [1.165, 1.54) is 22.5 Å². The second kappa shape index (κ2) is 6.51. The Morgan fingerprint density at radius 3 is 3.00 bits per heavy atom. The Morgan fingerprint density at radius 1 is 1.33 bits per heavy atom. The summed E-state index contributed by atoms with van der Waals surface area (Å²) >= 11 is 1.50. The molecule has 0 bridgehead atoms. The number of benzene rings is 1. The Balaban J connectivity index is 1.30. The highest BCUT2D eigenvalue weighted by atomic mass is 32.1. The van der Waals surface area contributed by atoms with Crippen molar-refractivity contribution in [2.75, 3.05) is 25.0 Å². The summed E-state index contributed by atoms with van der Waals surface area (Å²) in [6.07, 6.45) is 2.53. The molecule has 0 saturated carbocycles. The van der Waals surface area contributed by atoms with Gasteiger partial charge in [-0.1, -0.05) is 35.6 Å². The molecule has 7 heteroatoms. The molecule has 1 atom stereocenters. The van der Waals surface area contributed by atoms with E-state index in [-0.39, 0.29) is 0 Å². The molecule has 1 aromatic carbocycles. The maximum Gasteiger partial charge on any atom is 0.214 e. The maximum atomic E-state index is 10.3. The van der Waals surface area contributed by atoms with Gasteiger partial charge < -0.3 is 10.4 Å². The van der Waals surface area contributed by atoms with E-state index in [0.717, 1.165) is 35.3 Å². The van der Waals surface area contributed by atoms with Crippen molar-refractivity contribution in [3.63, 3.8) is 0 Å². The van der Waals surface area contributed by atoms with Crippen LogP contribution in [-0.2, 0) is 13.0 Å². The van der Waals surface area contributed by atoms with Crippen molar-refractivity contribution >= 4 is 21.4 Å². The van der Waals surface area contributed by atoms with Gasteiger partial charge in [-0.15, -0.1) is 5.10 Å². The van der Waals surface area contributed by atoms with Gasteiger partial charge >= 0.3 is 0 Å². The molecule has 6 nitrogen and oxygen atoms in total. The van der Waals surface area contributed by atoms with Crippen LogP contribution in [0.5, 0.6) is 0 Å². The second-order valence-corrected chi connectivity index (χ2v) is 7.26. The molecule has 2 aromatic heterocycles. The van der Waals surface area contributed by atoms with E-state index in [2.05, 4.69) is 44.6 Å². The minimum absolute atomic E-state index is 0.423. The highest BCUT2D eigenvalue weighted by Gasteiger charge is 2.18. The molecule has 0 amide bonds. The highest BCUT2D eigenvalue weighted by molar-refractivity contribution is 7.20. The predicted molar refractivity (Wildman–Crippen MR) is 95.5 cm³/mol. The Morgan fingerprint density at radius 2 is 2.17 bits per heavy atom. The summed E-state index contributed by atoms with van der Waals surface area (Å²) in [6, 6.07) is 8.56. The zero-order valence-corrected chi connectivity index (χ0v) is 14.5. The summed E-state index contributed by atoms with van der Waals surface area (Å²) in [5.41, 5.74) is 3.77. The third-order valence-electron chi connectivity index (χ3n) is 4.33. The van der Waals surface area contributed by atoms with E-state index in [4.69, 9.17) is 0 Å². The number of nitrogens with one attached hydrogen (secondary N) is 1. The molecule has 0 aliphatic carbocycles. The quantitative estimate of drug-likeness (QED) is 0.741. The molecular weight excluding hydrogens is 322 g/mol. The lowest BCUT2D eigenvalue weighted by Gasteiger charge is -2.30. The molecule has 0 saturated heterocycles. The Bertz CT molecular complexity index is 811. The number of hydrogen-bond donors (Lipinski definition) is 2. The Hall–Kier alpha value is -1.96. The lowest BCUT2D eigenvalue weighted by atomic mass is 10.00. The maximum absolute atomic E-state index is 10.3. The number of anilines is 1. The summed E-state index contributed by atoms with van der Waals surface area (Å²) in [7, 11) is 0. The van der Waals surface area contributed by atoms with Crippen molar-refractivity contribution in [2.45, 2.75) is 26.0 Å². The number of aromatic nitrogens is 3. The van der Waals surface area contributed by atoms with Gasteiger partial charge in [0.1, 0.15) is 0 Å². The molecule has 126 valence electrons. The average molecular weight is 343 g/mol. The van der Waals surface area contributed by atoms with E-state index in [1.807, 2.05) is 13.1 Å². The molecule has 1 aliphatic heterocycles. The van der Waals surface area contributed by atoms with E-state index >= 15 is 0 Å². The number of aliphatic hydroxyl groups is 1. The zero-order chi connectivity index (χ0) is 16.5. The van der Waals surface area contributed by atoms with Crippen LogP contribution in [0.25, 0.3) is 4.96 Å². The summed E-state index contributed by atoms with van der Waals surface area (Å²) < 4.78 is 1.77. The first-order chi connectivity index (χ1) is 11.7. The lowest BCUT2D eigenvalue weighted by molar-refractivity contribution is 0.114. The number of rotatable bonds is 5. The largest absolute Gasteiger partial charge is 0.390 e. The lowest BCUT2D eigenvalue weighted by Crippen LogP contribution is -2.39. The average Bonchev–Trinajstić information content (AvgIpc) is 3.09. The summed E-state index contributed by atoms with van der Waals surface area (Å²) in [5, 5.41) is 18.8. The summed E-state index contributed by atoms with van der Waals surface area (Å²) in [6.45, 7) is 5.03. The number of aliphatic hydroxyl groups excluding tert-OH is 1. The van der Waals surface area contributed by atoms with Crippen LogP contribution in [0.4, 0.5) is 5.13 Å². The van der Waals surface area contributed by atoms with Crippen LogP contribution in [0.15, 0.2) is 30.5 Å². The molecule has 0 fully saturated rings. The van der Waals surface area contributed by atoms with Crippen LogP contribution in [0, 0.1) is 6.92 Å². The second-order valence-electron chi connectivity index (χ2n) is 6.31. The molecular formula is C17H21N5OS. The third-order valence-corrected chi connectivity index (χ3v) is 5.21. The number of aryl methyl sites for hydroxylation is 1. The van der Waals surface area contributed by atoms with E-state index in [9.17, 15) is 5.11 Å². The van der Waals surface area contributed by atoms with E-state index < -0.39 is 6.10 Å². The number of β-amino-alcohol motifs (C(OH)–C–C–N with tert-alkyl or cyclic N) is 1. The van der Waals surface area contributed by atoms with Gasteiger partial charge in [-0.05, 0) is 24.5 Å². The van der Waals surface area contributed by atoms with Gasteiger partial charge in [0.2, 0.25) is 10.1 Å². The molecule has 0 unspecified atom stereocenters. The van der Waals surface area contributed by atoms with Gasteiger partial charge in [-0.2, -0.15) is 0 Å². The van der Waals surface area contributed by atoms with Gasteiger partial charge in [-0.25, -0.2) is 9.50 Å². The topological polar surface area (TPSA) is 65.7 Å². The number of nitrogens with zero attached hydrogens (tertiary/aromatic N) is 4. The SMILES string of the molecule is Cc1cn2nc(NC[C@H](O)CN3CCc4ccccc4C3)sc2n1. The van der Waals surface area contributed by atoms with Crippen molar-refractivity contribution in [3.8, 4) is 0 Å². The fourth-order valence-electron chi connectivity index (χ4n) is 3.16. The zero-order valence-electron chi connectivity index (χ0n) is 13.6. The number of hydrogen-bond acceptors (Lipinski definition) is 6. The van der Waals surface area contributed by atoms with Gasteiger partial charge in [0.15, 0.2) is 0 Å². The molecule has 3 heterocycles. The minimum atomic E-state index is -0.423. The van der Waals surface area contributed by atoms with Gasteiger partial charge in [0.25, 0.3) is 0 Å². The monoisotopic (exact) mass is 343 g/mol. The van der Waals surface area contributed by atoms with Gasteiger partial charge in [0.05, 0.1) is 18.0 Å². The van der Waals surface area contributed by atoms with Crippen molar-refractivity contribution < 1.29 is 5.11 Å². The van der Waals surface area contributed by atoms with Crippen molar-refractivity contribution in [1.29, 1.82) is 0 Å². The van der Waals surface area contributed by atoms with Crippen LogP contribution in [0.2, 0.25) is 0 Å². The van der Waals surface area contributed by atoms with Crippen molar-refractivity contribution in [3.05, 3.63) is 47.3 Å². The van der Waals surface area contributed by atoms with Crippen molar-refractivity contribution in [2.24, 2.45) is 0 Å². The predicted octanol–water partition coefficient (Wildman–Crippen LogP) is 1.93. The molecule has 24 heavy (non-hydrogen) atoms. The highest BCUT2D eigenvalue weighted by Crippen LogP contribution is 2.20. The number of imidazole rings is 1. The fraction of sp³-hybridized carbons (Fsp3) is 0.412. The molecule has 1 aliphatic rings. The molecule has 2 N–H and O–H groups in total. The fourth-order valence-corrected chi connectivity index (χ4v) is 3.99. The minimum Gasteiger partial charge on any atom is -0.390 e. The van der Waals surface area contributed by atoms with Gasteiger partial charge in [0, 0.05) is 26.2 Å². The van der Waals surface area contributed by atoms with Gasteiger partial charge in [-0.3, -0.25) is 4.90 Å². The molecule has 4 rings (SSSR count). The summed E-state index contributed by atoms with van der Waals surface area (Å²) in [5.74, 6) is 0. The smallest absolute Gasteiger partial charge is 0.214 e. The first kappa shape index (κ1) is 15.6. The van der Waals surface area contributed by atoms with Crippen LogP contribution >= 0.6 is 11.3 Å². The van der Waals surface area contributed by atoms with Crippen LogP contribution in [-0.4, -0.2) is 50.3 Å². The van der Waals surface area contributed by atoms with Crippen LogP contribution < -0.4 is 5.32 Å². The normalized spacial score (nSPS) is 16.2. The van der Waals surface area contributed by atoms with Crippen molar-refractivity contribution in [1.82, 2.24) is 19.5 Å². The first-order valence-corrected chi connectivity index (χ1v) is 9.03. The summed E-state index contributed by atoms with van der Waals surface area (Å²) in [4.78, 5) is 7.57. The Kier molecular flexibility index (Phi) is 4.22. The molecule has 0 spiro atoms. The first-order valence-electron chi connectivity index (χ1n) is 8.21. The number of fused-ring (bicyclic) bond motifs is 2. The molecule has 3 aromatic rings. The van der Waals surface area contributed by atoms with Crippen LogP contribution in [0.1, 0.15) is 16.8 Å². The Labute approximate surface area is 144 Å². The van der Waals surface area contributed by atoms with E-state index in [0.29, 0.717) is 13.1 Å². The standard InChI is InChI=1S/C17H21N5OS/c1-12-9-22-17(19-12)24-16(20-22)18-8-15(23)11-21-7-6-13-4-2-3-5-14(13)10-21/h2-5,9,15,23H,6-8,10-11H2,1H3,(H,18,20)/t15-/m0/s1. The molecule has 0 radical (unpaired) electrons. The third kappa shape index (κ3) is 3.28. The van der Waals surface area contributed by atoms with E-state index in [1.54, 1.807) is 4.52 Å².